The van der Waals surface area contributed by atoms with Crippen LogP contribution in [0.5, 0.6) is 0 Å². The van der Waals surface area contributed by atoms with Crippen LogP contribution in [0.2, 0.25) is 0 Å². The summed E-state index contributed by atoms with van der Waals surface area (Å²) in [6, 6.07) is 48.7. The van der Waals surface area contributed by atoms with Gasteiger partial charge in [0, 0.05) is 39.9 Å². The number of hydrogen-bond acceptors (Lipinski definition) is 2. The van der Waals surface area contributed by atoms with Crippen molar-refractivity contribution < 1.29 is 4.74 Å². The Balaban J connectivity index is 1.14. The maximum atomic E-state index is 7.19. The molecule has 0 N–H and O–H groups in total. The van der Waals surface area contributed by atoms with Crippen LogP contribution in [0.3, 0.4) is 0 Å². The number of para-hydroxylation sites is 2. The van der Waals surface area contributed by atoms with Gasteiger partial charge in [0.1, 0.15) is 11.9 Å². The van der Waals surface area contributed by atoms with Gasteiger partial charge in [-0.2, -0.15) is 0 Å². The van der Waals surface area contributed by atoms with E-state index in [2.05, 4.69) is 213 Å². The van der Waals surface area contributed by atoms with Crippen LogP contribution >= 0.6 is 0 Å². The first kappa shape index (κ1) is 34.0. The number of aromatic nitrogens is 1. The molecule has 57 heavy (non-hydrogen) atoms. The zero-order valence-corrected chi connectivity index (χ0v) is 32.9. The summed E-state index contributed by atoms with van der Waals surface area (Å²) >= 11 is 0. The molecule has 0 saturated carbocycles. The van der Waals surface area contributed by atoms with E-state index in [1.54, 1.807) is 0 Å². The summed E-state index contributed by atoms with van der Waals surface area (Å²) in [4.78, 5) is 2.67. The fraction of sp³-hybridized carbons (Fsp3) is 0.185. The highest BCUT2D eigenvalue weighted by molar-refractivity contribution is 5.92. The highest BCUT2D eigenvalue weighted by Gasteiger charge is 2.60. The van der Waals surface area contributed by atoms with Crippen LogP contribution in [0.1, 0.15) is 49.1 Å². The lowest BCUT2D eigenvalue weighted by Gasteiger charge is -2.49. The highest BCUT2D eigenvalue weighted by Crippen LogP contribution is 2.63. The fourth-order valence-electron chi connectivity index (χ4n) is 11.1. The van der Waals surface area contributed by atoms with Crippen molar-refractivity contribution in [2.75, 3.05) is 4.90 Å². The lowest BCUT2D eigenvalue weighted by molar-refractivity contribution is 0.138. The molecule has 5 aromatic carbocycles. The molecule has 3 nitrogen and oxygen atoms in total. The molecule has 5 aliphatic rings. The van der Waals surface area contributed by atoms with Crippen LogP contribution in [-0.4, -0.2) is 16.2 Å². The minimum Gasteiger partial charge on any atom is -0.489 e. The lowest BCUT2D eigenvalue weighted by atomic mass is 9.62. The Morgan fingerprint density at radius 3 is 2.12 bits per heavy atom. The van der Waals surface area contributed by atoms with Gasteiger partial charge in [-0.15, -0.1) is 0 Å². The van der Waals surface area contributed by atoms with E-state index in [9.17, 15) is 0 Å². The molecule has 0 bridgehead atoms. The van der Waals surface area contributed by atoms with E-state index in [0.29, 0.717) is 0 Å². The molecule has 11 rings (SSSR count). The van der Waals surface area contributed by atoms with Crippen molar-refractivity contribution in [1.29, 1.82) is 0 Å². The molecule has 6 atom stereocenters. The summed E-state index contributed by atoms with van der Waals surface area (Å²) in [6.45, 7) is 9.58. The number of allylic oxidation sites excluding steroid dienone is 5. The second kappa shape index (κ2) is 12.9. The predicted octanol–water partition coefficient (Wildman–Crippen LogP) is 13.0. The summed E-state index contributed by atoms with van der Waals surface area (Å²) in [5.74, 6) is 1.66. The number of hydrogen-bond donors (Lipinski definition) is 0. The summed E-state index contributed by atoms with van der Waals surface area (Å²) in [5.41, 5.74) is 16.3. The predicted molar refractivity (Wildman–Crippen MR) is 236 cm³/mol. The van der Waals surface area contributed by atoms with Gasteiger partial charge in [0.05, 0.1) is 22.7 Å². The van der Waals surface area contributed by atoms with E-state index in [4.69, 9.17) is 4.74 Å². The number of benzene rings is 5. The van der Waals surface area contributed by atoms with E-state index in [1.165, 1.54) is 78.2 Å². The van der Waals surface area contributed by atoms with E-state index in [0.717, 1.165) is 5.76 Å². The van der Waals surface area contributed by atoms with Gasteiger partial charge < -0.3 is 14.2 Å². The molecular formula is C54H46N2O. The molecule has 2 aliphatic heterocycles. The third-order valence-electron chi connectivity index (χ3n) is 13.6. The SMILES string of the molecule is CC1=C(c2ccccc2C)C2C3=C(C=C(C4C=Cc5c(c6ccccc6n5-c5ccccc5)C4C)C2(C)N1c1ccc(-c2ccccc2)cc1)C1C=CC=C[C@H]1O3. The normalized spacial score (nSPS) is 25.6. The molecule has 1 aromatic heterocycles. The first-order valence-corrected chi connectivity index (χ1v) is 20.5. The van der Waals surface area contributed by atoms with Crippen molar-refractivity contribution in [3.8, 4) is 16.8 Å². The minimum atomic E-state index is -0.464. The first-order valence-electron chi connectivity index (χ1n) is 20.5. The summed E-state index contributed by atoms with van der Waals surface area (Å²) in [5, 5.41) is 1.33. The van der Waals surface area contributed by atoms with Gasteiger partial charge in [0.2, 0.25) is 0 Å². The molecule has 0 saturated heterocycles. The number of fused-ring (bicyclic) bond motifs is 7. The van der Waals surface area contributed by atoms with Gasteiger partial charge in [0.25, 0.3) is 0 Å². The van der Waals surface area contributed by atoms with Crippen LogP contribution in [0.25, 0.3) is 39.4 Å². The van der Waals surface area contributed by atoms with Crippen molar-refractivity contribution in [3.63, 3.8) is 0 Å². The number of anilines is 1. The Hall–Kier alpha value is -6.32. The topological polar surface area (TPSA) is 17.4 Å². The molecule has 278 valence electrons. The average molecular weight is 739 g/mol. The smallest absolute Gasteiger partial charge is 0.127 e. The second-order valence-corrected chi connectivity index (χ2v) is 16.6. The molecule has 0 spiro atoms. The Bertz CT molecular complexity index is 2780. The molecule has 0 radical (unpaired) electrons. The van der Waals surface area contributed by atoms with E-state index in [-0.39, 0.29) is 29.8 Å². The monoisotopic (exact) mass is 738 g/mol. The molecule has 3 heteroatoms. The Labute approximate surface area is 335 Å². The average Bonchev–Trinajstić information content (AvgIpc) is 3.87. The van der Waals surface area contributed by atoms with Crippen LogP contribution in [-0.2, 0) is 4.74 Å². The number of ether oxygens (including phenoxy) is 1. The third-order valence-corrected chi connectivity index (χ3v) is 13.6. The van der Waals surface area contributed by atoms with Crippen LogP contribution in [0.15, 0.2) is 193 Å². The zero-order valence-electron chi connectivity index (χ0n) is 32.9. The second-order valence-electron chi connectivity index (χ2n) is 16.6. The van der Waals surface area contributed by atoms with E-state index >= 15 is 0 Å². The van der Waals surface area contributed by atoms with Crippen molar-refractivity contribution in [2.45, 2.75) is 45.3 Å². The minimum absolute atomic E-state index is 0.00717. The maximum absolute atomic E-state index is 7.19. The summed E-state index contributed by atoms with van der Waals surface area (Å²) in [6.07, 6.45) is 16.5. The molecule has 6 aromatic rings. The Kier molecular flexibility index (Phi) is 7.66. The van der Waals surface area contributed by atoms with Crippen LogP contribution in [0, 0.1) is 24.7 Å². The lowest BCUT2D eigenvalue weighted by Crippen LogP contribution is -2.52. The fourth-order valence-corrected chi connectivity index (χ4v) is 11.1. The largest absolute Gasteiger partial charge is 0.489 e. The molecule has 5 unspecified atom stereocenters. The first-order chi connectivity index (χ1) is 27.9. The number of nitrogens with zero attached hydrogens (tertiary/aromatic N) is 2. The van der Waals surface area contributed by atoms with Crippen LogP contribution < -0.4 is 4.90 Å². The van der Waals surface area contributed by atoms with Gasteiger partial charge in [-0.3, -0.25) is 0 Å². The van der Waals surface area contributed by atoms with Crippen molar-refractivity contribution in [2.24, 2.45) is 17.8 Å². The standard InChI is InChI=1S/C54H46N2O/c1-34-17-11-12-22-41(34)51-36(3)56(40-29-27-38(28-30-40)37-18-7-5-8-19-37)54(4)46(33-45-43-23-14-16-26-49(43)57-53(45)52(51)54)42-31-32-48-50(35(42)2)44-24-13-15-25-47(44)55(48)39-20-9-6-10-21-39/h5-33,35,42-43,49,52H,1-4H3/t35?,42?,43?,49-,52?,54?/m1/s1. The third kappa shape index (κ3) is 4.91. The van der Waals surface area contributed by atoms with Gasteiger partial charge in [-0.1, -0.05) is 140 Å². The van der Waals surface area contributed by atoms with Gasteiger partial charge in [-0.25, -0.2) is 0 Å². The number of aryl methyl sites for hydroxylation is 1. The van der Waals surface area contributed by atoms with Gasteiger partial charge in [0.15, 0.2) is 0 Å². The van der Waals surface area contributed by atoms with Gasteiger partial charge >= 0.3 is 0 Å². The van der Waals surface area contributed by atoms with E-state index < -0.39 is 5.54 Å². The Morgan fingerprint density at radius 2 is 1.33 bits per heavy atom. The van der Waals surface area contributed by atoms with Gasteiger partial charge in [-0.05, 0) is 108 Å². The van der Waals surface area contributed by atoms with Crippen LogP contribution in [0.4, 0.5) is 5.69 Å². The molecule has 3 aliphatic carbocycles. The molecule has 0 amide bonds. The van der Waals surface area contributed by atoms with Crippen molar-refractivity contribution in [3.05, 3.63) is 215 Å². The maximum Gasteiger partial charge on any atom is 0.127 e. The zero-order chi connectivity index (χ0) is 38.4. The summed E-state index contributed by atoms with van der Waals surface area (Å²) < 4.78 is 9.65. The summed E-state index contributed by atoms with van der Waals surface area (Å²) in [7, 11) is 0. The Morgan fingerprint density at radius 1 is 0.649 bits per heavy atom. The van der Waals surface area contributed by atoms with Crippen molar-refractivity contribution in [1.82, 2.24) is 4.57 Å². The highest BCUT2D eigenvalue weighted by atomic mass is 16.5. The molecular weight excluding hydrogens is 693 g/mol. The molecule has 3 heterocycles. The number of rotatable bonds is 5. The van der Waals surface area contributed by atoms with E-state index in [1.807, 2.05) is 0 Å². The van der Waals surface area contributed by atoms with Crippen molar-refractivity contribution >= 4 is 28.2 Å². The molecule has 0 fully saturated rings. The quantitative estimate of drug-likeness (QED) is 0.175.